The number of unbranched alkanes of at least 4 members (excludes halogenated alkanes) is 1. The van der Waals surface area contributed by atoms with Crippen LogP contribution in [0.15, 0.2) is 0 Å². The van der Waals surface area contributed by atoms with E-state index in [4.69, 9.17) is 11.6 Å². The van der Waals surface area contributed by atoms with Gasteiger partial charge in [0.15, 0.2) is 0 Å². The van der Waals surface area contributed by atoms with E-state index in [-0.39, 0.29) is 11.8 Å². The van der Waals surface area contributed by atoms with Crippen molar-refractivity contribution in [1.82, 2.24) is 4.72 Å². The number of halogens is 1. The first kappa shape index (κ1) is 15.3. The molecule has 0 aromatic carbocycles. The van der Waals surface area contributed by atoms with Gasteiger partial charge in [0, 0.05) is 11.9 Å². The summed E-state index contributed by atoms with van der Waals surface area (Å²) in [6, 6.07) is 0.134. The summed E-state index contributed by atoms with van der Waals surface area (Å²) in [6.07, 6.45) is 4.57. The van der Waals surface area contributed by atoms with Gasteiger partial charge in [-0.1, -0.05) is 13.8 Å². The Kier molecular flexibility index (Phi) is 6.24. The third-order valence-electron chi connectivity index (χ3n) is 3.32. The molecule has 1 aliphatic carbocycles. The number of rotatable bonds is 6. The Balaban J connectivity index is 2.41. The summed E-state index contributed by atoms with van der Waals surface area (Å²) in [5, 5.41) is 0. The fourth-order valence-corrected chi connectivity index (χ4v) is 4.33. The van der Waals surface area contributed by atoms with Gasteiger partial charge in [0.2, 0.25) is 10.0 Å². The standard InChI is InChI=1S/C12H24ClNO2S/c1-10-7-11(2)9-12(8-10)14-17(15,16)6-4-3-5-13/h10-12,14H,3-9H2,1-2H3. The largest absolute Gasteiger partial charge is 0.212 e. The summed E-state index contributed by atoms with van der Waals surface area (Å²) in [4.78, 5) is 0. The molecule has 2 unspecified atom stereocenters. The Morgan fingerprint density at radius 1 is 1.12 bits per heavy atom. The molecule has 3 nitrogen and oxygen atoms in total. The van der Waals surface area contributed by atoms with E-state index in [9.17, 15) is 8.42 Å². The predicted octanol–water partition coefficient (Wildman–Crippen LogP) is 2.75. The van der Waals surface area contributed by atoms with Gasteiger partial charge in [0.1, 0.15) is 0 Å². The molecule has 1 fully saturated rings. The van der Waals surface area contributed by atoms with Crippen molar-refractivity contribution in [3.05, 3.63) is 0 Å². The zero-order chi connectivity index (χ0) is 12.9. The maximum Gasteiger partial charge on any atom is 0.211 e. The molecule has 0 heterocycles. The van der Waals surface area contributed by atoms with Gasteiger partial charge < -0.3 is 0 Å². The van der Waals surface area contributed by atoms with Crippen LogP contribution >= 0.6 is 11.6 Å². The van der Waals surface area contributed by atoms with Gasteiger partial charge in [-0.15, -0.1) is 11.6 Å². The van der Waals surface area contributed by atoms with Crippen LogP contribution in [0, 0.1) is 11.8 Å². The molecular weight excluding hydrogens is 258 g/mol. The third-order valence-corrected chi connectivity index (χ3v) is 5.11. The SMILES string of the molecule is CC1CC(C)CC(NS(=O)(=O)CCCCCl)C1. The molecule has 0 aliphatic heterocycles. The number of hydrogen-bond donors (Lipinski definition) is 1. The van der Waals surface area contributed by atoms with Gasteiger partial charge in [-0.05, 0) is 43.9 Å². The van der Waals surface area contributed by atoms with Crippen LogP contribution in [0.25, 0.3) is 0 Å². The topological polar surface area (TPSA) is 46.2 Å². The number of alkyl halides is 1. The summed E-state index contributed by atoms with van der Waals surface area (Å²) in [5.74, 6) is 1.98. The number of sulfonamides is 1. The van der Waals surface area contributed by atoms with Crippen molar-refractivity contribution < 1.29 is 8.42 Å². The van der Waals surface area contributed by atoms with E-state index in [0.29, 0.717) is 24.1 Å². The second kappa shape index (κ2) is 6.95. The monoisotopic (exact) mass is 281 g/mol. The van der Waals surface area contributed by atoms with Crippen LogP contribution in [-0.4, -0.2) is 26.1 Å². The van der Waals surface area contributed by atoms with E-state index < -0.39 is 10.0 Å². The zero-order valence-corrected chi connectivity index (χ0v) is 12.4. The average molecular weight is 282 g/mol. The van der Waals surface area contributed by atoms with Crippen molar-refractivity contribution in [2.24, 2.45) is 11.8 Å². The van der Waals surface area contributed by atoms with Crippen molar-refractivity contribution in [2.75, 3.05) is 11.6 Å². The molecular formula is C12H24ClNO2S. The first-order valence-corrected chi connectivity index (χ1v) is 8.67. The Bertz CT molecular complexity index is 308. The fraction of sp³-hybridized carbons (Fsp3) is 1.00. The molecule has 0 bridgehead atoms. The lowest BCUT2D eigenvalue weighted by molar-refractivity contribution is 0.257. The molecule has 0 spiro atoms. The van der Waals surface area contributed by atoms with Gasteiger partial charge in [-0.2, -0.15) is 0 Å². The van der Waals surface area contributed by atoms with E-state index in [1.807, 2.05) is 0 Å². The van der Waals surface area contributed by atoms with Crippen molar-refractivity contribution >= 4 is 21.6 Å². The molecule has 1 N–H and O–H groups in total. The summed E-state index contributed by atoms with van der Waals surface area (Å²) in [6.45, 7) is 4.40. The van der Waals surface area contributed by atoms with E-state index in [2.05, 4.69) is 18.6 Å². The summed E-state index contributed by atoms with van der Waals surface area (Å²) >= 11 is 5.55. The highest BCUT2D eigenvalue weighted by Crippen LogP contribution is 2.28. The fourth-order valence-electron chi connectivity index (χ4n) is 2.74. The van der Waals surface area contributed by atoms with Crippen LogP contribution in [0.3, 0.4) is 0 Å². The molecule has 1 rings (SSSR count). The van der Waals surface area contributed by atoms with Gasteiger partial charge in [0.25, 0.3) is 0 Å². The van der Waals surface area contributed by atoms with Gasteiger partial charge in [-0.3, -0.25) is 0 Å². The molecule has 0 aromatic rings. The number of hydrogen-bond acceptors (Lipinski definition) is 2. The maximum atomic E-state index is 11.8. The smallest absolute Gasteiger partial charge is 0.211 e. The minimum Gasteiger partial charge on any atom is -0.212 e. The number of nitrogens with one attached hydrogen (secondary N) is 1. The van der Waals surface area contributed by atoms with Crippen molar-refractivity contribution in [3.8, 4) is 0 Å². The van der Waals surface area contributed by atoms with Gasteiger partial charge >= 0.3 is 0 Å². The second-order valence-corrected chi connectivity index (χ2v) is 7.70. The van der Waals surface area contributed by atoms with Gasteiger partial charge in [0.05, 0.1) is 5.75 Å². The molecule has 0 aromatic heterocycles. The molecule has 5 heteroatoms. The highest BCUT2D eigenvalue weighted by Gasteiger charge is 2.26. The Hall–Kier alpha value is 0.200. The minimum absolute atomic E-state index is 0.134. The van der Waals surface area contributed by atoms with Crippen LogP contribution in [0.1, 0.15) is 46.0 Å². The second-order valence-electron chi connectivity index (χ2n) is 5.45. The molecule has 17 heavy (non-hydrogen) atoms. The van der Waals surface area contributed by atoms with Crippen LogP contribution in [0.4, 0.5) is 0 Å². The molecule has 1 aliphatic rings. The molecule has 0 saturated heterocycles. The van der Waals surface area contributed by atoms with E-state index in [1.165, 1.54) is 6.42 Å². The highest BCUT2D eigenvalue weighted by molar-refractivity contribution is 7.89. The highest BCUT2D eigenvalue weighted by atomic mass is 35.5. The maximum absolute atomic E-state index is 11.8. The Morgan fingerprint density at radius 2 is 1.71 bits per heavy atom. The summed E-state index contributed by atoms with van der Waals surface area (Å²) < 4.78 is 26.5. The summed E-state index contributed by atoms with van der Waals surface area (Å²) in [5.41, 5.74) is 0. The molecule has 102 valence electrons. The molecule has 0 amide bonds. The molecule has 1 saturated carbocycles. The van der Waals surface area contributed by atoms with E-state index in [1.54, 1.807) is 0 Å². The van der Waals surface area contributed by atoms with Crippen LogP contribution in [0.2, 0.25) is 0 Å². The van der Waals surface area contributed by atoms with Crippen LogP contribution in [-0.2, 0) is 10.0 Å². The Labute approximate surface area is 110 Å². The lowest BCUT2D eigenvalue weighted by Crippen LogP contribution is -2.41. The van der Waals surface area contributed by atoms with E-state index >= 15 is 0 Å². The molecule has 0 radical (unpaired) electrons. The van der Waals surface area contributed by atoms with Crippen molar-refractivity contribution in [1.29, 1.82) is 0 Å². The predicted molar refractivity (Wildman–Crippen MR) is 72.8 cm³/mol. The van der Waals surface area contributed by atoms with Crippen molar-refractivity contribution in [3.63, 3.8) is 0 Å². The lowest BCUT2D eigenvalue weighted by atomic mass is 9.81. The lowest BCUT2D eigenvalue weighted by Gasteiger charge is -2.31. The first-order chi connectivity index (χ1) is 7.93. The van der Waals surface area contributed by atoms with Crippen LogP contribution in [0.5, 0.6) is 0 Å². The normalized spacial score (nSPS) is 30.4. The zero-order valence-electron chi connectivity index (χ0n) is 10.8. The average Bonchev–Trinajstić information content (AvgIpc) is 2.14. The minimum atomic E-state index is -3.11. The quantitative estimate of drug-likeness (QED) is 0.601. The van der Waals surface area contributed by atoms with Gasteiger partial charge in [-0.25, -0.2) is 13.1 Å². The third kappa shape index (κ3) is 6.07. The molecule has 2 atom stereocenters. The van der Waals surface area contributed by atoms with E-state index in [0.717, 1.165) is 19.3 Å². The summed E-state index contributed by atoms with van der Waals surface area (Å²) in [7, 11) is -3.11. The Morgan fingerprint density at radius 3 is 2.24 bits per heavy atom. The first-order valence-electron chi connectivity index (χ1n) is 6.49. The van der Waals surface area contributed by atoms with Crippen LogP contribution < -0.4 is 4.72 Å². The van der Waals surface area contributed by atoms with Crippen molar-refractivity contribution in [2.45, 2.75) is 52.0 Å².